The number of benzene rings is 2. The van der Waals surface area contributed by atoms with E-state index in [2.05, 4.69) is 25.6 Å². The van der Waals surface area contributed by atoms with Crippen molar-refractivity contribution in [2.75, 3.05) is 24.3 Å². The molecular formula is C23H21N5O2. The number of para-hydroxylation sites is 1. The van der Waals surface area contributed by atoms with Crippen LogP contribution in [-0.2, 0) is 6.42 Å². The van der Waals surface area contributed by atoms with Crippen LogP contribution in [0.5, 0.6) is 5.75 Å². The minimum Gasteiger partial charge on any atom is -0.497 e. The number of aromatic nitrogens is 3. The third-order valence-electron chi connectivity index (χ3n) is 4.64. The zero-order valence-electron chi connectivity index (χ0n) is 16.5. The van der Waals surface area contributed by atoms with Crippen LogP contribution in [0, 0.1) is 0 Å². The summed E-state index contributed by atoms with van der Waals surface area (Å²) in [6.07, 6.45) is 5.56. The summed E-state index contributed by atoms with van der Waals surface area (Å²) >= 11 is 0. The zero-order valence-corrected chi connectivity index (χ0v) is 16.5. The fourth-order valence-corrected chi connectivity index (χ4v) is 3.06. The number of ether oxygens (including phenoxy) is 1. The third kappa shape index (κ3) is 4.52. The van der Waals surface area contributed by atoms with Gasteiger partial charge in [0.2, 0.25) is 0 Å². The number of methoxy groups -OCH3 is 1. The first-order chi connectivity index (χ1) is 14.7. The second-order valence-corrected chi connectivity index (χ2v) is 6.65. The van der Waals surface area contributed by atoms with E-state index in [1.807, 2.05) is 54.6 Å². The van der Waals surface area contributed by atoms with Crippen molar-refractivity contribution in [3.05, 3.63) is 84.4 Å². The number of fused-ring (bicyclic) bond motifs is 1. The Morgan fingerprint density at radius 3 is 2.57 bits per heavy atom. The van der Waals surface area contributed by atoms with Crippen molar-refractivity contribution >= 4 is 28.3 Å². The lowest BCUT2D eigenvalue weighted by molar-refractivity contribution is 0.102. The highest BCUT2D eigenvalue weighted by atomic mass is 16.5. The van der Waals surface area contributed by atoms with Crippen LogP contribution in [0.25, 0.3) is 10.9 Å². The molecule has 0 aliphatic heterocycles. The molecule has 1 amide bonds. The number of carbonyl (C=O) groups excluding carboxylic acids is 1. The molecule has 0 atom stereocenters. The van der Waals surface area contributed by atoms with Crippen molar-refractivity contribution in [3.8, 4) is 5.75 Å². The maximum absolute atomic E-state index is 12.5. The largest absolute Gasteiger partial charge is 0.497 e. The summed E-state index contributed by atoms with van der Waals surface area (Å²) in [7, 11) is 1.65. The number of pyridine rings is 1. The molecule has 0 bridgehead atoms. The summed E-state index contributed by atoms with van der Waals surface area (Å²) in [6.45, 7) is 0.703. The molecule has 0 unspecified atom stereocenters. The maximum atomic E-state index is 12.5. The average Bonchev–Trinajstić information content (AvgIpc) is 2.80. The highest BCUT2D eigenvalue weighted by Crippen LogP contribution is 2.21. The topological polar surface area (TPSA) is 89.0 Å². The van der Waals surface area contributed by atoms with Gasteiger partial charge in [-0.15, -0.1) is 0 Å². The van der Waals surface area contributed by atoms with Gasteiger partial charge in [0.25, 0.3) is 5.91 Å². The smallest absolute Gasteiger partial charge is 0.275 e. The Morgan fingerprint density at radius 2 is 1.80 bits per heavy atom. The second-order valence-electron chi connectivity index (χ2n) is 6.65. The molecule has 2 N–H and O–H groups in total. The van der Waals surface area contributed by atoms with Crippen LogP contribution < -0.4 is 15.4 Å². The van der Waals surface area contributed by atoms with E-state index in [1.54, 1.807) is 19.5 Å². The zero-order chi connectivity index (χ0) is 20.8. The summed E-state index contributed by atoms with van der Waals surface area (Å²) < 4.78 is 5.16. The predicted octanol–water partition coefficient (Wildman–Crippen LogP) is 3.94. The molecule has 0 aliphatic carbocycles. The molecule has 0 radical (unpaired) electrons. The van der Waals surface area contributed by atoms with E-state index in [9.17, 15) is 4.79 Å². The van der Waals surface area contributed by atoms with Crippen LogP contribution in [0.2, 0.25) is 0 Å². The van der Waals surface area contributed by atoms with Crippen molar-refractivity contribution < 1.29 is 9.53 Å². The van der Waals surface area contributed by atoms with Crippen molar-refractivity contribution in [1.29, 1.82) is 0 Å². The second kappa shape index (κ2) is 9.00. The summed E-state index contributed by atoms with van der Waals surface area (Å²) in [5.74, 6) is 1.13. The van der Waals surface area contributed by atoms with Gasteiger partial charge in [0.1, 0.15) is 17.3 Å². The molecule has 0 fully saturated rings. The van der Waals surface area contributed by atoms with Crippen LogP contribution in [0.1, 0.15) is 16.1 Å². The van der Waals surface area contributed by atoms with E-state index in [0.717, 1.165) is 23.1 Å². The Kier molecular flexibility index (Phi) is 5.80. The van der Waals surface area contributed by atoms with Crippen molar-refractivity contribution in [1.82, 2.24) is 15.0 Å². The number of nitrogens with zero attached hydrogens (tertiary/aromatic N) is 3. The van der Waals surface area contributed by atoms with Crippen LogP contribution in [-0.4, -0.2) is 34.5 Å². The van der Waals surface area contributed by atoms with Gasteiger partial charge in [-0.25, -0.2) is 9.97 Å². The van der Waals surface area contributed by atoms with Gasteiger partial charge < -0.3 is 15.4 Å². The maximum Gasteiger partial charge on any atom is 0.275 e. The van der Waals surface area contributed by atoms with E-state index in [4.69, 9.17) is 4.74 Å². The van der Waals surface area contributed by atoms with Crippen molar-refractivity contribution in [2.24, 2.45) is 0 Å². The van der Waals surface area contributed by atoms with Gasteiger partial charge >= 0.3 is 0 Å². The Labute approximate surface area is 174 Å². The van der Waals surface area contributed by atoms with Crippen molar-refractivity contribution in [3.63, 3.8) is 0 Å². The summed E-state index contributed by atoms with van der Waals surface area (Å²) in [4.78, 5) is 25.4. The molecular weight excluding hydrogens is 378 g/mol. The van der Waals surface area contributed by atoms with E-state index in [-0.39, 0.29) is 11.6 Å². The highest BCUT2D eigenvalue weighted by molar-refractivity contribution is 6.07. The first-order valence-electron chi connectivity index (χ1n) is 9.57. The fraction of sp³-hybridized carbons (Fsp3) is 0.130. The first-order valence-corrected chi connectivity index (χ1v) is 9.57. The summed E-state index contributed by atoms with van der Waals surface area (Å²) in [5.41, 5.74) is 2.80. The molecule has 30 heavy (non-hydrogen) atoms. The normalized spacial score (nSPS) is 10.6. The van der Waals surface area contributed by atoms with E-state index in [0.29, 0.717) is 18.1 Å². The lowest BCUT2D eigenvalue weighted by Gasteiger charge is -2.09. The minimum absolute atomic E-state index is 0.239. The van der Waals surface area contributed by atoms with Gasteiger partial charge in [-0.3, -0.25) is 9.78 Å². The molecule has 2 aromatic heterocycles. The van der Waals surface area contributed by atoms with Gasteiger partial charge in [-0.1, -0.05) is 30.3 Å². The van der Waals surface area contributed by atoms with Gasteiger partial charge in [0, 0.05) is 18.1 Å². The van der Waals surface area contributed by atoms with Gasteiger partial charge in [-0.05, 0) is 36.2 Å². The molecule has 0 saturated carbocycles. The molecule has 2 heterocycles. The summed E-state index contributed by atoms with van der Waals surface area (Å²) in [6, 6.07) is 17.4. The molecule has 0 saturated heterocycles. The standard InChI is InChI=1S/C23H21N5O2/c1-30-18-9-7-16(8-10-18)11-13-24-21-15-26-20(14-27-21)23(29)28-19-6-2-4-17-5-3-12-25-22(17)19/h2-10,12,14-15H,11,13H2,1H3,(H,24,27)(H,28,29). The quantitative estimate of drug-likeness (QED) is 0.489. The predicted molar refractivity (Wildman–Crippen MR) is 117 cm³/mol. The lowest BCUT2D eigenvalue weighted by atomic mass is 10.1. The number of rotatable bonds is 7. The number of carbonyl (C=O) groups is 1. The van der Waals surface area contributed by atoms with E-state index >= 15 is 0 Å². The van der Waals surface area contributed by atoms with E-state index in [1.165, 1.54) is 11.8 Å². The number of anilines is 2. The van der Waals surface area contributed by atoms with Crippen LogP contribution in [0.3, 0.4) is 0 Å². The molecule has 2 aromatic carbocycles. The highest BCUT2D eigenvalue weighted by Gasteiger charge is 2.11. The van der Waals surface area contributed by atoms with E-state index < -0.39 is 0 Å². The van der Waals surface area contributed by atoms with Crippen LogP contribution >= 0.6 is 0 Å². The van der Waals surface area contributed by atoms with Crippen LogP contribution in [0.15, 0.2) is 73.2 Å². The molecule has 4 rings (SSSR count). The Balaban J connectivity index is 1.35. The molecule has 4 aromatic rings. The Hall–Kier alpha value is -4.00. The number of nitrogens with one attached hydrogen (secondary N) is 2. The molecule has 0 spiro atoms. The monoisotopic (exact) mass is 399 g/mol. The number of hydrogen-bond donors (Lipinski definition) is 2. The van der Waals surface area contributed by atoms with Gasteiger partial charge in [0.15, 0.2) is 0 Å². The molecule has 7 nitrogen and oxygen atoms in total. The van der Waals surface area contributed by atoms with Crippen molar-refractivity contribution in [2.45, 2.75) is 6.42 Å². The molecule has 150 valence electrons. The summed E-state index contributed by atoms with van der Waals surface area (Å²) in [5, 5.41) is 7.03. The molecule has 0 aliphatic rings. The average molecular weight is 399 g/mol. The van der Waals surface area contributed by atoms with Gasteiger partial charge in [0.05, 0.1) is 30.7 Å². The number of hydrogen-bond acceptors (Lipinski definition) is 6. The third-order valence-corrected chi connectivity index (χ3v) is 4.64. The first kappa shape index (κ1) is 19.3. The Morgan fingerprint density at radius 1 is 0.967 bits per heavy atom. The lowest BCUT2D eigenvalue weighted by Crippen LogP contribution is -2.15. The Bertz CT molecular complexity index is 1140. The van der Waals surface area contributed by atoms with Crippen LogP contribution in [0.4, 0.5) is 11.5 Å². The van der Waals surface area contributed by atoms with Gasteiger partial charge in [-0.2, -0.15) is 0 Å². The number of amides is 1. The minimum atomic E-state index is -0.328. The fourth-order valence-electron chi connectivity index (χ4n) is 3.06. The SMILES string of the molecule is COc1ccc(CCNc2cnc(C(=O)Nc3cccc4cccnc34)cn2)cc1. The molecule has 7 heteroatoms.